The fourth-order valence-electron chi connectivity index (χ4n) is 1.46. The molecule has 0 bridgehead atoms. The Kier molecular flexibility index (Phi) is 5.74. The lowest BCUT2D eigenvalue weighted by Gasteiger charge is -2.12. The molecule has 0 fully saturated rings. The zero-order valence-corrected chi connectivity index (χ0v) is 10.4. The first-order valence-electron chi connectivity index (χ1n) is 5.95. The van der Waals surface area contributed by atoms with E-state index in [1.54, 1.807) is 0 Å². The number of rotatable bonds is 6. The van der Waals surface area contributed by atoms with Crippen molar-refractivity contribution < 1.29 is 14.3 Å². The van der Waals surface area contributed by atoms with Gasteiger partial charge in [-0.05, 0) is 31.0 Å². The third-order valence-electron chi connectivity index (χ3n) is 2.57. The van der Waals surface area contributed by atoms with Crippen LogP contribution in [0.5, 0.6) is 0 Å². The highest BCUT2D eigenvalue weighted by molar-refractivity contribution is 5.75. The fourth-order valence-corrected chi connectivity index (χ4v) is 1.46. The molecule has 1 rings (SSSR count). The summed E-state index contributed by atoms with van der Waals surface area (Å²) in [6, 6.07) is 5.52. The minimum absolute atomic E-state index is 0.0160. The van der Waals surface area contributed by atoms with Crippen LogP contribution in [0.15, 0.2) is 24.3 Å². The SMILES string of the molecule is CC(N)CCC(=O)NCC(O)c1ccc(F)cc1. The highest BCUT2D eigenvalue weighted by Gasteiger charge is 2.09. The number of carbonyl (C=O) groups is 1. The molecule has 2 unspecified atom stereocenters. The minimum atomic E-state index is -0.829. The van der Waals surface area contributed by atoms with Crippen molar-refractivity contribution in [3.8, 4) is 0 Å². The summed E-state index contributed by atoms with van der Waals surface area (Å²) in [4.78, 5) is 11.4. The van der Waals surface area contributed by atoms with E-state index in [1.165, 1.54) is 24.3 Å². The van der Waals surface area contributed by atoms with Gasteiger partial charge in [0.1, 0.15) is 5.82 Å². The maximum Gasteiger partial charge on any atom is 0.220 e. The van der Waals surface area contributed by atoms with Gasteiger partial charge in [-0.3, -0.25) is 4.79 Å². The van der Waals surface area contributed by atoms with Crippen molar-refractivity contribution in [3.63, 3.8) is 0 Å². The molecule has 0 saturated carbocycles. The summed E-state index contributed by atoms with van der Waals surface area (Å²) in [5.41, 5.74) is 6.11. The van der Waals surface area contributed by atoms with Crippen LogP contribution in [0.4, 0.5) is 4.39 Å². The molecule has 2 atom stereocenters. The van der Waals surface area contributed by atoms with Gasteiger partial charge in [0.2, 0.25) is 5.91 Å². The van der Waals surface area contributed by atoms with Gasteiger partial charge >= 0.3 is 0 Å². The second-order valence-corrected chi connectivity index (χ2v) is 4.39. The van der Waals surface area contributed by atoms with Crippen molar-refractivity contribution in [1.29, 1.82) is 0 Å². The second-order valence-electron chi connectivity index (χ2n) is 4.39. The van der Waals surface area contributed by atoms with E-state index in [1.807, 2.05) is 6.92 Å². The molecule has 0 aliphatic heterocycles. The van der Waals surface area contributed by atoms with E-state index in [0.29, 0.717) is 18.4 Å². The third kappa shape index (κ3) is 5.25. The predicted molar refractivity (Wildman–Crippen MR) is 67.3 cm³/mol. The topological polar surface area (TPSA) is 75.4 Å². The molecule has 5 heteroatoms. The molecule has 0 radical (unpaired) electrons. The summed E-state index contributed by atoms with van der Waals surface area (Å²) in [7, 11) is 0. The molecule has 100 valence electrons. The number of amides is 1. The smallest absolute Gasteiger partial charge is 0.220 e. The number of nitrogens with one attached hydrogen (secondary N) is 1. The quantitative estimate of drug-likeness (QED) is 0.711. The lowest BCUT2D eigenvalue weighted by molar-refractivity contribution is -0.121. The normalized spacial score (nSPS) is 14.0. The maximum absolute atomic E-state index is 12.7. The standard InChI is InChI=1S/C13H19FN2O2/c1-9(15)2-7-13(18)16-8-12(17)10-3-5-11(14)6-4-10/h3-6,9,12,17H,2,7-8,15H2,1H3,(H,16,18). The Morgan fingerprint density at radius 2 is 2.06 bits per heavy atom. The van der Waals surface area contributed by atoms with E-state index in [4.69, 9.17) is 5.73 Å². The van der Waals surface area contributed by atoms with Gasteiger partial charge in [-0.15, -0.1) is 0 Å². The van der Waals surface area contributed by atoms with E-state index >= 15 is 0 Å². The molecule has 1 aromatic carbocycles. The average Bonchev–Trinajstić information content (AvgIpc) is 2.34. The molecular weight excluding hydrogens is 235 g/mol. The Labute approximate surface area is 106 Å². The van der Waals surface area contributed by atoms with Crippen LogP contribution in [0.2, 0.25) is 0 Å². The van der Waals surface area contributed by atoms with Crippen LogP contribution in [-0.4, -0.2) is 23.6 Å². The van der Waals surface area contributed by atoms with Crippen molar-refractivity contribution >= 4 is 5.91 Å². The molecule has 0 aromatic heterocycles. The molecule has 0 aliphatic carbocycles. The van der Waals surface area contributed by atoms with Gasteiger partial charge in [0.15, 0.2) is 0 Å². The fraction of sp³-hybridized carbons (Fsp3) is 0.462. The minimum Gasteiger partial charge on any atom is -0.387 e. The number of benzene rings is 1. The van der Waals surface area contributed by atoms with Crippen LogP contribution in [0.1, 0.15) is 31.4 Å². The Morgan fingerprint density at radius 3 is 2.61 bits per heavy atom. The van der Waals surface area contributed by atoms with E-state index in [-0.39, 0.29) is 24.3 Å². The first kappa shape index (κ1) is 14.6. The molecule has 4 N–H and O–H groups in total. The Balaban J connectivity index is 2.34. The van der Waals surface area contributed by atoms with E-state index < -0.39 is 6.10 Å². The summed E-state index contributed by atoms with van der Waals surface area (Å²) in [6.07, 6.45) is 0.122. The lowest BCUT2D eigenvalue weighted by atomic mass is 10.1. The number of hydrogen-bond donors (Lipinski definition) is 3. The van der Waals surface area contributed by atoms with Crippen molar-refractivity contribution in [2.75, 3.05) is 6.54 Å². The summed E-state index contributed by atoms with van der Waals surface area (Å²) < 4.78 is 12.7. The van der Waals surface area contributed by atoms with Gasteiger partial charge in [-0.1, -0.05) is 12.1 Å². The third-order valence-corrected chi connectivity index (χ3v) is 2.57. The number of carbonyl (C=O) groups excluding carboxylic acids is 1. The van der Waals surface area contributed by atoms with Crippen LogP contribution in [0.25, 0.3) is 0 Å². The van der Waals surface area contributed by atoms with Gasteiger partial charge in [0.05, 0.1) is 6.10 Å². The zero-order chi connectivity index (χ0) is 13.5. The Bertz CT molecular complexity index is 379. The van der Waals surface area contributed by atoms with Crippen LogP contribution in [0, 0.1) is 5.82 Å². The largest absolute Gasteiger partial charge is 0.387 e. The van der Waals surface area contributed by atoms with Crippen LogP contribution in [-0.2, 0) is 4.79 Å². The van der Waals surface area contributed by atoms with Crippen molar-refractivity contribution in [3.05, 3.63) is 35.6 Å². The van der Waals surface area contributed by atoms with Crippen LogP contribution >= 0.6 is 0 Å². The predicted octanol–water partition coefficient (Wildman–Crippen LogP) is 1.10. The van der Waals surface area contributed by atoms with Gasteiger partial charge in [0.25, 0.3) is 0 Å². The van der Waals surface area contributed by atoms with E-state index in [9.17, 15) is 14.3 Å². The second kappa shape index (κ2) is 7.08. The molecule has 0 aliphatic rings. The number of nitrogens with two attached hydrogens (primary N) is 1. The van der Waals surface area contributed by atoms with E-state index in [2.05, 4.69) is 5.32 Å². The molecule has 0 saturated heterocycles. The number of aliphatic hydroxyl groups excluding tert-OH is 1. The monoisotopic (exact) mass is 254 g/mol. The highest BCUT2D eigenvalue weighted by Crippen LogP contribution is 2.12. The van der Waals surface area contributed by atoms with E-state index in [0.717, 1.165) is 0 Å². The molecular formula is C13H19FN2O2. The van der Waals surface area contributed by atoms with Gasteiger partial charge in [0, 0.05) is 19.0 Å². The van der Waals surface area contributed by atoms with Crippen LogP contribution in [0.3, 0.4) is 0 Å². The van der Waals surface area contributed by atoms with Gasteiger partial charge < -0.3 is 16.2 Å². The maximum atomic E-state index is 12.7. The van der Waals surface area contributed by atoms with Crippen molar-refractivity contribution in [2.45, 2.75) is 31.9 Å². The Hall–Kier alpha value is -1.46. The van der Waals surface area contributed by atoms with Crippen molar-refractivity contribution in [1.82, 2.24) is 5.32 Å². The first-order valence-corrected chi connectivity index (χ1v) is 5.95. The summed E-state index contributed by atoms with van der Waals surface area (Å²) in [6.45, 7) is 1.95. The number of aliphatic hydroxyl groups is 1. The summed E-state index contributed by atoms with van der Waals surface area (Å²) >= 11 is 0. The number of hydrogen-bond acceptors (Lipinski definition) is 3. The zero-order valence-electron chi connectivity index (χ0n) is 10.4. The Morgan fingerprint density at radius 1 is 1.44 bits per heavy atom. The molecule has 18 heavy (non-hydrogen) atoms. The molecule has 1 aromatic rings. The molecule has 0 spiro atoms. The van der Waals surface area contributed by atoms with Gasteiger partial charge in [-0.2, -0.15) is 0 Å². The highest BCUT2D eigenvalue weighted by atomic mass is 19.1. The van der Waals surface area contributed by atoms with Crippen LogP contribution < -0.4 is 11.1 Å². The lowest BCUT2D eigenvalue weighted by Crippen LogP contribution is -2.29. The molecule has 4 nitrogen and oxygen atoms in total. The summed E-state index contributed by atoms with van der Waals surface area (Å²) in [5, 5.41) is 12.4. The summed E-state index contributed by atoms with van der Waals surface area (Å²) in [5.74, 6) is -0.500. The number of halogens is 1. The average molecular weight is 254 g/mol. The van der Waals surface area contributed by atoms with Crippen molar-refractivity contribution in [2.24, 2.45) is 5.73 Å². The van der Waals surface area contributed by atoms with Gasteiger partial charge in [-0.25, -0.2) is 4.39 Å². The first-order chi connectivity index (χ1) is 8.49. The molecule has 0 heterocycles. The molecule has 1 amide bonds.